The molecule has 3 aromatic rings. The van der Waals surface area contributed by atoms with Crippen LogP contribution in [0.2, 0.25) is 0 Å². The van der Waals surface area contributed by atoms with Crippen molar-refractivity contribution in [3.8, 4) is 5.69 Å². The van der Waals surface area contributed by atoms with E-state index in [4.69, 9.17) is 0 Å². The predicted octanol–water partition coefficient (Wildman–Crippen LogP) is 2.84. The average Bonchev–Trinajstić information content (AvgIpc) is 3.22. The quantitative estimate of drug-likeness (QED) is 0.584. The van der Waals surface area contributed by atoms with E-state index in [-0.39, 0.29) is 11.7 Å². The fraction of sp³-hybridized carbons (Fsp3) is 0.286. The van der Waals surface area contributed by atoms with Crippen molar-refractivity contribution in [1.29, 1.82) is 0 Å². The van der Waals surface area contributed by atoms with Gasteiger partial charge in [0.05, 0.1) is 11.4 Å². The van der Waals surface area contributed by atoms with Crippen molar-refractivity contribution in [2.24, 2.45) is 0 Å². The van der Waals surface area contributed by atoms with Crippen molar-refractivity contribution in [2.75, 3.05) is 31.9 Å². The fourth-order valence-corrected chi connectivity index (χ4v) is 4.21. The van der Waals surface area contributed by atoms with Crippen LogP contribution in [0.5, 0.6) is 0 Å². The number of carbonyl (C=O) groups excluding carboxylic acids is 1. The van der Waals surface area contributed by atoms with E-state index in [1.54, 1.807) is 35.4 Å². The molecule has 8 heteroatoms. The number of piperazine rings is 1. The zero-order chi connectivity index (χ0) is 20.1. The lowest BCUT2D eigenvalue weighted by Gasteiger charge is -2.34. The van der Waals surface area contributed by atoms with Crippen LogP contribution >= 0.6 is 11.8 Å². The zero-order valence-electron chi connectivity index (χ0n) is 15.9. The summed E-state index contributed by atoms with van der Waals surface area (Å²) in [5.74, 6) is 0.122. The average molecular weight is 412 g/mol. The van der Waals surface area contributed by atoms with Crippen LogP contribution in [-0.4, -0.2) is 62.2 Å². The highest BCUT2D eigenvalue weighted by Gasteiger charge is 2.21. The summed E-state index contributed by atoms with van der Waals surface area (Å²) in [5.41, 5.74) is 1.93. The normalized spacial score (nSPS) is 14.9. The van der Waals surface area contributed by atoms with Gasteiger partial charge in [-0.15, -0.1) is 0 Å². The third-order valence-electron chi connectivity index (χ3n) is 4.90. The molecular weight excluding hydrogens is 389 g/mol. The third kappa shape index (κ3) is 5.02. The summed E-state index contributed by atoms with van der Waals surface area (Å²) >= 11 is 1.38. The second-order valence-electron chi connectivity index (χ2n) is 6.86. The molecule has 0 bridgehead atoms. The lowest BCUT2D eigenvalue weighted by Crippen LogP contribution is -2.48. The highest BCUT2D eigenvalue weighted by atomic mass is 32.2. The van der Waals surface area contributed by atoms with Gasteiger partial charge in [-0.05, 0) is 35.9 Å². The van der Waals surface area contributed by atoms with Crippen LogP contribution in [-0.2, 0) is 11.3 Å². The highest BCUT2D eigenvalue weighted by Crippen LogP contribution is 2.21. The SMILES string of the molecule is O=C(CSc1nccn1-c1cccc(F)c1)N1CCN(Cc2ccncc2)CC1. The first-order valence-corrected chi connectivity index (χ1v) is 10.5. The van der Waals surface area contributed by atoms with E-state index < -0.39 is 0 Å². The first-order chi connectivity index (χ1) is 14.2. The first kappa shape index (κ1) is 19.6. The summed E-state index contributed by atoms with van der Waals surface area (Å²) < 4.78 is 15.3. The zero-order valence-corrected chi connectivity index (χ0v) is 16.8. The molecule has 1 aliphatic heterocycles. The first-order valence-electron chi connectivity index (χ1n) is 9.50. The Balaban J connectivity index is 1.29. The minimum atomic E-state index is -0.298. The third-order valence-corrected chi connectivity index (χ3v) is 5.85. The molecule has 1 amide bonds. The van der Waals surface area contributed by atoms with Crippen LogP contribution in [0.25, 0.3) is 5.69 Å². The number of imidazole rings is 1. The number of thioether (sulfide) groups is 1. The maximum absolute atomic E-state index is 13.5. The van der Waals surface area contributed by atoms with Gasteiger partial charge in [0.1, 0.15) is 5.82 Å². The van der Waals surface area contributed by atoms with Gasteiger partial charge in [0.15, 0.2) is 5.16 Å². The van der Waals surface area contributed by atoms with Gasteiger partial charge in [-0.2, -0.15) is 0 Å². The molecule has 1 saturated heterocycles. The Bertz CT molecular complexity index is 956. The van der Waals surface area contributed by atoms with Crippen LogP contribution in [0.15, 0.2) is 66.3 Å². The van der Waals surface area contributed by atoms with E-state index in [1.165, 1.54) is 29.5 Å². The van der Waals surface area contributed by atoms with E-state index in [2.05, 4.69) is 14.9 Å². The molecule has 2 aromatic heterocycles. The topological polar surface area (TPSA) is 54.3 Å². The van der Waals surface area contributed by atoms with Gasteiger partial charge >= 0.3 is 0 Å². The molecule has 3 heterocycles. The van der Waals surface area contributed by atoms with Gasteiger partial charge in [0.2, 0.25) is 5.91 Å². The van der Waals surface area contributed by atoms with E-state index in [1.807, 2.05) is 23.1 Å². The van der Waals surface area contributed by atoms with Crippen molar-refractivity contribution >= 4 is 17.7 Å². The number of halogens is 1. The molecule has 0 radical (unpaired) electrons. The minimum absolute atomic E-state index is 0.104. The van der Waals surface area contributed by atoms with Crippen molar-refractivity contribution in [3.63, 3.8) is 0 Å². The van der Waals surface area contributed by atoms with Gasteiger partial charge in [-0.25, -0.2) is 9.37 Å². The molecule has 1 fully saturated rings. The van der Waals surface area contributed by atoms with Crippen LogP contribution in [0, 0.1) is 5.82 Å². The van der Waals surface area contributed by atoms with E-state index in [9.17, 15) is 9.18 Å². The standard InChI is InChI=1S/C21H22FN5OS/c22-18-2-1-3-19(14-18)27-9-8-24-21(27)29-16-20(28)26-12-10-25(11-13-26)15-17-4-6-23-7-5-17/h1-9,14H,10-13,15-16H2. The number of aromatic nitrogens is 3. The molecule has 0 atom stereocenters. The van der Waals surface area contributed by atoms with Crippen LogP contribution < -0.4 is 0 Å². The van der Waals surface area contributed by atoms with Crippen molar-refractivity contribution in [2.45, 2.75) is 11.7 Å². The molecule has 6 nitrogen and oxygen atoms in total. The second kappa shape index (κ2) is 9.19. The maximum Gasteiger partial charge on any atom is 0.233 e. The maximum atomic E-state index is 13.5. The van der Waals surface area contributed by atoms with Gasteiger partial charge in [0, 0.05) is 57.5 Å². The Morgan fingerprint density at radius 2 is 1.86 bits per heavy atom. The number of benzene rings is 1. The molecule has 150 valence electrons. The molecule has 4 rings (SSSR count). The highest BCUT2D eigenvalue weighted by molar-refractivity contribution is 7.99. The smallest absolute Gasteiger partial charge is 0.233 e. The van der Waals surface area contributed by atoms with E-state index >= 15 is 0 Å². The number of hydrogen-bond acceptors (Lipinski definition) is 5. The Labute approximate surface area is 173 Å². The summed E-state index contributed by atoms with van der Waals surface area (Å²) in [6.07, 6.45) is 7.05. The summed E-state index contributed by atoms with van der Waals surface area (Å²) in [6, 6.07) is 10.4. The molecular formula is C21H22FN5OS. The second-order valence-corrected chi connectivity index (χ2v) is 7.80. The lowest BCUT2D eigenvalue weighted by atomic mass is 10.2. The van der Waals surface area contributed by atoms with Crippen molar-refractivity contribution < 1.29 is 9.18 Å². The van der Waals surface area contributed by atoms with Crippen LogP contribution in [0.3, 0.4) is 0 Å². The Morgan fingerprint density at radius 1 is 1.07 bits per heavy atom. The lowest BCUT2D eigenvalue weighted by molar-refractivity contribution is -0.130. The Morgan fingerprint density at radius 3 is 2.62 bits per heavy atom. The van der Waals surface area contributed by atoms with E-state index in [0.29, 0.717) is 16.6 Å². The van der Waals surface area contributed by atoms with Crippen LogP contribution in [0.4, 0.5) is 4.39 Å². The summed E-state index contributed by atoms with van der Waals surface area (Å²) in [7, 11) is 0. The number of amides is 1. The van der Waals surface area contributed by atoms with Gasteiger partial charge in [-0.1, -0.05) is 17.8 Å². The molecule has 1 aliphatic rings. The number of carbonyl (C=O) groups is 1. The molecule has 29 heavy (non-hydrogen) atoms. The molecule has 0 saturated carbocycles. The summed E-state index contributed by atoms with van der Waals surface area (Å²) in [5, 5.41) is 0.681. The minimum Gasteiger partial charge on any atom is -0.339 e. The monoisotopic (exact) mass is 411 g/mol. The van der Waals surface area contributed by atoms with Crippen LogP contribution in [0.1, 0.15) is 5.56 Å². The largest absolute Gasteiger partial charge is 0.339 e. The Kier molecular flexibility index (Phi) is 6.21. The summed E-state index contributed by atoms with van der Waals surface area (Å²) in [4.78, 5) is 25.3. The number of nitrogens with zero attached hydrogens (tertiary/aromatic N) is 5. The van der Waals surface area contributed by atoms with Crippen molar-refractivity contribution in [3.05, 3.63) is 72.6 Å². The molecule has 0 aliphatic carbocycles. The number of pyridine rings is 1. The fourth-order valence-electron chi connectivity index (χ4n) is 3.34. The predicted molar refractivity (Wildman–Crippen MR) is 110 cm³/mol. The molecule has 0 spiro atoms. The van der Waals surface area contributed by atoms with E-state index in [0.717, 1.165) is 32.7 Å². The van der Waals surface area contributed by atoms with Gasteiger partial charge in [0.25, 0.3) is 0 Å². The summed E-state index contributed by atoms with van der Waals surface area (Å²) in [6.45, 7) is 4.04. The number of rotatable bonds is 6. The molecule has 0 unspecified atom stereocenters. The number of hydrogen-bond donors (Lipinski definition) is 0. The van der Waals surface area contributed by atoms with Gasteiger partial charge < -0.3 is 4.90 Å². The Hall–Kier alpha value is -2.71. The molecule has 1 aromatic carbocycles. The van der Waals surface area contributed by atoms with Gasteiger partial charge in [-0.3, -0.25) is 19.2 Å². The van der Waals surface area contributed by atoms with Crippen molar-refractivity contribution in [1.82, 2.24) is 24.3 Å². The molecule has 0 N–H and O–H groups in total.